The SMILES string of the molecule is CCC(CC(=O)O)Oc1ccc(C)cc1C. The molecule has 0 fully saturated rings. The summed E-state index contributed by atoms with van der Waals surface area (Å²) < 4.78 is 5.68. The van der Waals surface area contributed by atoms with Crippen LogP contribution in [0.3, 0.4) is 0 Å². The molecule has 0 spiro atoms. The molecular weight excluding hydrogens is 204 g/mol. The van der Waals surface area contributed by atoms with Crippen LogP contribution in [0.15, 0.2) is 18.2 Å². The zero-order valence-corrected chi connectivity index (χ0v) is 9.99. The van der Waals surface area contributed by atoms with E-state index in [4.69, 9.17) is 9.84 Å². The normalized spacial score (nSPS) is 12.2. The molecule has 0 radical (unpaired) electrons. The summed E-state index contributed by atoms with van der Waals surface area (Å²) >= 11 is 0. The van der Waals surface area contributed by atoms with Crippen molar-refractivity contribution in [2.24, 2.45) is 0 Å². The monoisotopic (exact) mass is 222 g/mol. The molecule has 0 aliphatic carbocycles. The van der Waals surface area contributed by atoms with Crippen LogP contribution in [0.2, 0.25) is 0 Å². The van der Waals surface area contributed by atoms with Gasteiger partial charge in [0.2, 0.25) is 0 Å². The predicted molar refractivity (Wildman–Crippen MR) is 62.9 cm³/mol. The Morgan fingerprint density at radius 2 is 2.12 bits per heavy atom. The van der Waals surface area contributed by atoms with Gasteiger partial charge >= 0.3 is 5.97 Å². The highest BCUT2D eigenvalue weighted by Crippen LogP contribution is 2.21. The molecule has 1 rings (SSSR count). The number of carbonyl (C=O) groups is 1. The molecule has 0 saturated carbocycles. The van der Waals surface area contributed by atoms with Crippen LogP contribution in [-0.4, -0.2) is 17.2 Å². The molecule has 1 N–H and O–H groups in total. The zero-order valence-electron chi connectivity index (χ0n) is 9.99. The van der Waals surface area contributed by atoms with Crippen LogP contribution in [-0.2, 0) is 4.79 Å². The highest BCUT2D eigenvalue weighted by atomic mass is 16.5. The number of rotatable bonds is 5. The van der Waals surface area contributed by atoms with E-state index in [2.05, 4.69) is 0 Å². The van der Waals surface area contributed by atoms with Gasteiger partial charge in [0, 0.05) is 0 Å². The molecule has 0 aromatic heterocycles. The van der Waals surface area contributed by atoms with Crippen molar-refractivity contribution in [2.75, 3.05) is 0 Å². The second kappa shape index (κ2) is 5.54. The molecule has 1 atom stereocenters. The van der Waals surface area contributed by atoms with E-state index < -0.39 is 5.97 Å². The maximum absolute atomic E-state index is 10.6. The lowest BCUT2D eigenvalue weighted by Gasteiger charge is -2.17. The Kier molecular flexibility index (Phi) is 4.35. The lowest BCUT2D eigenvalue weighted by Crippen LogP contribution is -2.20. The van der Waals surface area contributed by atoms with E-state index in [1.54, 1.807) is 0 Å². The number of aliphatic carboxylic acids is 1. The van der Waals surface area contributed by atoms with Crippen molar-refractivity contribution >= 4 is 5.97 Å². The number of ether oxygens (including phenoxy) is 1. The quantitative estimate of drug-likeness (QED) is 0.833. The van der Waals surface area contributed by atoms with Crippen molar-refractivity contribution in [3.63, 3.8) is 0 Å². The molecule has 0 amide bonds. The third kappa shape index (κ3) is 3.57. The topological polar surface area (TPSA) is 46.5 Å². The van der Waals surface area contributed by atoms with Gasteiger partial charge in [0.25, 0.3) is 0 Å². The number of benzene rings is 1. The maximum atomic E-state index is 10.6. The Labute approximate surface area is 96.1 Å². The minimum atomic E-state index is -0.823. The zero-order chi connectivity index (χ0) is 12.1. The first-order valence-corrected chi connectivity index (χ1v) is 5.48. The van der Waals surface area contributed by atoms with Crippen molar-refractivity contribution in [3.05, 3.63) is 29.3 Å². The highest BCUT2D eigenvalue weighted by molar-refractivity contribution is 5.67. The average molecular weight is 222 g/mol. The van der Waals surface area contributed by atoms with Gasteiger partial charge in [0.1, 0.15) is 11.9 Å². The molecule has 3 heteroatoms. The van der Waals surface area contributed by atoms with Crippen LogP contribution < -0.4 is 4.74 Å². The lowest BCUT2D eigenvalue weighted by molar-refractivity contribution is -0.138. The summed E-state index contributed by atoms with van der Waals surface area (Å²) in [5.74, 6) is -0.0460. The minimum absolute atomic E-state index is 0.0455. The van der Waals surface area contributed by atoms with E-state index in [0.29, 0.717) is 6.42 Å². The number of hydrogen-bond acceptors (Lipinski definition) is 2. The van der Waals surface area contributed by atoms with E-state index in [-0.39, 0.29) is 12.5 Å². The Morgan fingerprint density at radius 1 is 1.44 bits per heavy atom. The molecule has 0 heterocycles. The summed E-state index contributed by atoms with van der Waals surface area (Å²) in [4.78, 5) is 10.6. The van der Waals surface area contributed by atoms with E-state index in [9.17, 15) is 4.79 Å². The van der Waals surface area contributed by atoms with Gasteiger partial charge in [-0.15, -0.1) is 0 Å². The molecule has 0 aliphatic heterocycles. The number of carboxylic acids is 1. The first-order chi connectivity index (χ1) is 7.52. The van der Waals surface area contributed by atoms with Gasteiger partial charge in [-0.05, 0) is 31.9 Å². The molecule has 0 bridgehead atoms. The van der Waals surface area contributed by atoms with Gasteiger partial charge in [-0.1, -0.05) is 24.6 Å². The Morgan fingerprint density at radius 3 is 2.62 bits per heavy atom. The fourth-order valence-corrected chi connectivity index (χ4v) is 1.58. The van der Waals surface area contributed by atoms with Crippen molar-refractivity contribution in [3.8, 4) is 5.75 Å². The molecular formula is C13H18O3. The van der Waals surface area contributed by atoms with Crippen LogP contribution in [0, 0.1) is 13.8 Å². The minimum Gasteiger partial charge on any atom is -0.490 e. The summed E-state index contributed by atoms with van der Waals surface area (Å²) in [5.41, 5.74) is 2.22. The van der Waals surface area contributed by atoms with Gasteiger partial charge in [0.15, 0.2) is 0 Å². The van der Waals surface area contributed by atoms with Crippen molar-refractivity contribution < 1.29 is 14.6 Å². The van der Waals surface area contributed by atoms with Gasteiger partial charge in [0.05, 0.1) is 6.42 Å². The number of aryl methyl sites for hydroxylation is 2. The van der Waals surface area contributed by atoms with Crippen LogP contribution >= 0.6 is 0 Å². The molecule has 3 nitrogen and oxygen atoms in total. The number of hydrogen-bond donors (Lipinski definition) is 1. The third-order valence-electron chi connectivity index (χ3n) is 2.48. The highest BCUT2D eigenvalue weighted by Gasteiger charge is 2.13. The van der Waals surface area contributed by atoms with Crippen LogP contribution in [0.25, 0.3) is 0 Å². The second-order valence-electron chi connectivity index (χ2n) is 4.01. The summed E-state index contributed by atoms with van der Waals surface area (Å²) in [6.07, 6.45) is 0.489. The van der Waals surface area contributed by atoms with Crippen LogP contribution in [0.1, 0.15) is 30.9 Å². The first kappa shape index (κ1) is 12.6. The van der Waals surface area contributed by atoms with Gasteiger partial charge in [-0.3, -0.25) is 4.79 Å². The van der Waals surface area contributed by atoms with Crippen molar-refractivity contribution in [1.82, 2.24) is 0 Å². The molecule has 1 aromatic rings. The molecule has 0 saturated heterocycles. The molecule has 88 valence electrons. The third-order valence-corrected chi connectivity index (χ3v) is 2.48. The Balaban J connectivity index is 2.73. The molecule has 1 unspecified atom stereocenters. The lowest BCUT2D eigenvalue weighted by atomic mass is 10.1. The molecule has 0 aliphatic rings. The molecule has 1 aromatic carbocycles. The van der Waals surface area contributed by atoms with Gasteiger partial charge in [-0.25, -0.2) is 0 Å². The van der Waals surface area contributed by atoms with Crippen molar-refractivity contribution in [2.45, 2.75) is 39.7 Å². The standard InChI is InChI=1S/C13H18O3/c1-4-11(8-13(14)15)16-12-6-5-9(2)7-10(12)3/h5-7,11H,4,8H2,1-3H3,(H,14,15). The van der Waals surface area contributed by atoms with Crippen LogP contribution in [0.4, 0.5) is 0 Å². The average Bonchev–Trinajstić information content (AvgIpc) is 2.20. The fraction of sp³-hybridized carbons (Fsp3) is 0.462. The largest absolute Gasteiger partial charge is 0.490 e. The van der Waals surface area contributed by atoms with Crippen LogP contribution in [0.5, 0.6) is 5.75 Å². The number of carboxylic acid groups (broad SMARTS) is 1. The summed E-state index contributed by atoms with van der Waals surface area (Å²) in [6, 6.07) is 5.90. The molecule has 16 heavy (non-hydrogen) atoms. The predicted octanol–water partition coefficient (Wildman–Crippen LogP) is 2.94. The van der Waals surface area contributed by atoms with E-state index in [1.807, 2.05) is 39.0 Å². The van der Waals surface area contributed by atoms with Gasteiger partial charge in [-0.2, -0.15) is 0 Å². The van der Waals surface area contributed by atoms with Crippen molar-refractivity contribution in [1.29, 1.82) is 0 Å². The summed E-state index contributed by atoms with van der Waals surface area (Å²) in [7, 11) is 0. The maximum Gasteiger partial charge on any atom is 0.307 e. The Hall–Kier alpha value is -1.51. The van der Waals surface area contributed by atoms with E-state index in [0.717, 1.165) is 11.3 Å². The fourth-order valence-electron chi connectivity index (χ4n) is 1.58. The summed E-state index contributed by atoms with van der Waals surface area (Å²) in [6.45, 7) is 5.91. The first-order valence-electron chi connectivity index (χ1n) is 5.48. The smallest absolute Gasteiger partial charge is 0.307 e. The van der Waals surface area contributed by atoms with E-state index in [1.165, 1.54) is 5.56 Å². The van der Waals surface area contributed by atoms with E-state index >= 15 is 0 Å². The summed E-state index contributed by atoms with van der Waals surface area (Å²) in [5, 5.41) is 8.73. The Bertz CT molecular complexity index is 371. The second-order valence-corrected chi connectivity index (χ2v) is 4.01. The van der Waals surface area contributed by atoms with Gasteiger partial charge < -0.3 is 9.84 Å².